The molecule has 19 heavy (non-hydrogen) atoms. The predicted molar refractivity (Wildman–Crippen MR) is 71.1 cm³/mol. The zero-order chi connectivity index (χ0) is 13.8. The molecule has 2 aromatic rings. The number of nitrogens with one attached hydrogen (secondary N) is 2. The van der Waals surface area contributed by atoms with Crippen molar-refractivity contribution < 1.29 is 13.9 Å². The number of benzene rings is 1. The van der Waals surface area contributed by atoms with Crippen molar-refractivity contribution in [2.45, 2.75) is 13.3 Å². The number of anilines is 1. The van der Waals surface area contributed by atoms with Crippen molar-refractivity contribution in [3.63, 3.8) is 0 Å². The first kappa shape index (κ1) is 13.2. The molecule has 0 bridgehead atoms. The number of hydrogen-bond acceptors (Lipinski definition) is 5. The second-order valence-electron chi connectivity index (χ2n) is 4.23. The van der Waals surface area contributed by atoms with Gasteiger partial charge in [-0.05, 0) is 18.6 Å². The van der Waals surface area contributed by atoms with E-state index in [1.54, 1.807) is 12.1 Å². The highest BCUT2D eigenvalue weighted by molar-refractivity contribution is 5.77. The van der Waals surface area contributed by atoms with Crippen LogP contribution in [-0.2, 0) is 9.53 Å². The standard InChI is InChI=1S/C13H16N2O4/c1-3-8(12(16)18-2)7-14-9-4-5-10-11(6-9)19-13(17)15-10/h4-6,8,14H,3,7H2,1-2H3,(H,15,17). The molecule has 6 nitrogen and oxygen atoms in total. The summed E-state index contributed by atoms with van der Waals surface area (Å²) in [6, 6.07) is 5.29. The third-order valence-corrected chi connectivity index (χ3v) is 3.00. The van der Waals surface area contributed by atoms with Crippen LogP contribution in [0.15, 0.2) is 27.4 Å². The van der Waals surface area contributed by atoms with Crippen LogP contribution in [0.25, 0.3) is 11.1 Å². The van der Waals surface area contributed by atoms with Crippen molar-refractivity contribution >= 4 is 22.8 Å². The van der Waals surface area contributed by atoms with Gasteiger partial charge in [0.1, 0.15) is 0 Å². The Bertz CT molecular complexity index is 629. The number of esters is 1. The van der Waals surface area contributed by atoms with Gasteiger partial charge in [0.15, 0.2) is 5.58 Å². The van der Waals surface area contributed by atoms with Crippen LogP contribution in [0.4, 0.5) is 5.69 Å². The summed E-state index contributed by atoms with van der Waals surface area (Å²) < 4.78 is 9.69. The zero-order valence-electron chi connectivity index (χ0n) is 10.9. The number of carbonyl (C=O) groups excluding carboxylic acids is 1. The molecule has 0 saturated carbocycles. The molecule has 1 unspecified atom stereocenters. The molecule has 6 heteroatoms. The molecule has 0 aliphatic rings. The first-order valence-corrected chi connectivity index (χ1v) is 6.08. The third-order valence-electron chi connectivity index (χ3n) is 3.00. The summed E-state index contributed by atoms with van der Waals surface area (Å²) in [5, 5.41) is 3.14. The van der Waals surface area contributed by atoms with Crippen LogP contribution in [0, 0.1) is 5.92 Å². The summed E-state index contributed by atoms with van der Waals surface area (Å²) in [5.41, 5.74) is 1.93. The van der Waals surface area contributed by atoms with Gasteiger partial charge in [0, 0.05) is 18.3 Å². The van der Waals surface area contributed by atoms with Crippen LogP contribution >= 0.6 is 0 Å². The van der Waals surface area contributed by atoms with E-state index in [1.807, 2.05) is 13.0 Å². The molecule has 2 N–H and O–H groups in total. The Morgan fingerprint density at radius 2 is 2.32 bits per heavy atom. The molecule has 0 fully saturated rings. The van der Waals surface area contributed by atoms with Gasteiger partial charge in [-0.25, -0.2) is 4.79 Å². The molecule has 0 aliphatic carbocycles. The molecule has 1 heterocycles. The van der Waals surface area contributed by atoms with E-state index in [2.05, 4.69) is 10.3 Å². The number of aromatic amines is 1. The van der Waals surface area contributed by atoms with Gasteiger partial charge in [-0.2, -0.15) is 0 Å². The average molecular weight is 264 g/mol. The summed E-state index contributed by atoms with van der Waals surface area (Å²) in [6.07, 6.45) is 0.696. The van der Waals surface area contributed by atoms with Gasteiger partial charge in [-0.15, -0.1) is 0 Å². The Hall–Kier alpha value is -2.24. The molecule has 102 valence electrons. The van der Waals surface area contributed by atoms with Crippen LogP contribution in [-0.4, -0.2) is 24.6 Å². The van der Waals surface area contributed by atoms with E-state index in [0.717, 1.165) is 5.69 Å². The minimum atomic E-state index is -0.479. The number of methoxy groups -OCH3 is 1. The van der Waals surface area contributed by atoms with E-state index in [-0.39, 0.29) is 11.9 Å². The summed E-state index contributed by atoms with van der Waals surface area (Å²) in [5.74, 6) is -0.906. The molecule has 1 atom stereocenters. The SMILES string of the molecule is CCC(CNc1ccc2[nH]c(=O)oc2c1)C(=O)OC. The Morgan fingerprint density at radius 1 is 1.53 bits per heavy atom. The van der Waals surface area contributed by atoms with Crippen molar-refractivity contribution in [3.8, 4) is 0 Å². The largest absolute Gasteiger partial charge is 0.469 e. The molecular weight excluding hydrogens is 248 g/mol. The lowest BCUT2D eigenvalue weighted by atomic mass is 10.1. The van der Waals surface area contributed by atoms with Crippen LogP contribution in [0.5, 0.6) is 0 Å². The van der Waals surface area contributed by atoms with Crippen LogP contribution in [0.3, 0.4) is 0 Å². The van der Waals surface area contributed by atoms with E-state index in [4.69, 9.17) is 9.15 Å². The Kier molecular flexibility index (Phi) is 3.89. The van der Waals surface area contributed by atoms with Gasteiger partial charge < -0.3 is 14.5 Å². The summed E-state index contributed by atoms with van der Waals surface area (Å²) in [6.45, 7) is 2.40. The summed E-state index contributed by atoms with van der Waals surface area (Å²) in [7, 11) is 1.38. The maximum Gasteiger partial charge on any atom is 0.417 e. The Balaban J connectivity index is 2.08. The van der Waals surface area contributed by atoms with Crippen molar-refractivity contribution in [2.75, 3.05) is 19.0 Å². The van der Waals surface area contributed by atoms with Gasteiger partial charge >= 0.3 is 11.7 Å². The van der Waals surface area contributed by atoms with Crippen LogP contribution in [0.2, 0.25) is 0 Å². The molecule has 0 amide bonds. The molecule has 0 aliphatic heterocycles. The molecular formula is C13H16N2O4. The number of rotatable bonds is 5. The lowest BCUT2D eigenvalue weighted by molar-refractivity contribution is -0.145. The third kappa shape index (κ3) is 2.96. The van der Waals surface area contributed by atoms with E-state index >= 15 is 0 Å². The number of oxazole rings is 1. The number of aromatic nitrogens is 1. The number of carbonyl (C=O) groups is 1. The van der Waals surface area contributed by atoms with Gasteiger partial charge in [0.05, 0.1) is 18.5 Å². The van der Waals surface area contributed by atoms with Gasteiger partial charge in [0.2, 0.25) is 0 Å². The molecule has 0 radical (unpaired) electrons. The number of ether oxygens (including phenoxy) is 1. The number of H-pyrrole nitrogens is 1. The smallest absolute Gasteiger partial charge is 0.417 e. The van der Waals surface area contributed by atoms with E-state index in [9.17, 15) is 9.59 Å². The summed E-state index contributed by atoms with van der Waals surface area (Å²) >= 11 is 0. The van der Waals surface area contributed by atoms with Crippen molar-refractivity contribution in [2.24, 2.45) is 5.92 Å². The lowest BCUT2D eigenvalue weighted by Gasteiger charge is -2.14. The minimum Gasteiger partial charge on any atom is -0.469 e. The highest BCUT2D eigenvalue weighted by Crippen LogP contribution is 2.17. The highest BCUT2D eigenvalue weighted by Gasteiger charge is 2.16. The maximum atomic E-state index is 11.5. The van der Waals surface area contributed by atoms with Gasteiger partial charge in [-0.1, -0.05) is 6.92 Å². The first-order valence-electron chi connectivity index (χ1n) is 6.08. The molecule has 0 spiro atoms. The molecule has 0 saturated heterocycles. The fourth-order valence-corrected chi connectivity index (χ4v) is 1.86. The first-order chi connectivity index (χ1) is 9.13. The van der Waals surface area contributed by atoms with Gasteiger partial charge in [-0.3, -0.25) is 9.78 Å². The highest BCUT2D eigenvalue weighted by atomic mass is 16.5. The fourth-order valence-electron chi connectivity index (χ4n) is 1.86. The second kappa shape index (κ2) is 5.60. The maximum absolute atomic E-state index is 11.5. The van der Waals surface area contributed by atoms with Crippen molar-refractivity contribution in [3.05, 3.63) is 28.7 Å². The van der Waals surface area contributed by atoms with E-state index < -0.39 is 5.76 Å². The van der Waals surface area contributed by atoms with Crippen LogP contribution < -0.4 is 11.1 Å². The number of hydrogen-bond donors (Lipinski definition) is 2. The Labute approximate surface area is 109 Å². The molecule has 1 aromatic heterocycles. The van der Waals surface area contributed by atoms with Crippen LogP contribution in [0.1, 0.15) is 13.3 Å². The predicted octanol–water partition coefficient (Wildman–Crippen LogP) is 1.73. The monoisotopic (exact) mass is 264 g/mol. The fraction of sp³-hybridized carbons (Fsp3) is 0.385. The second-order valence-corrected chi connectivity index (χ2v) is 4.23. The molecule has 2 rings (SSSR count). The van der Waals surface area contributed by atoms with Crippen molar-refractivity contribution in [1.82, 2.24) is 4.98 Å². The van der Waals surface area contributed by atoms with Gasteiger partial charge in [0.25, 0.3) is 0 Å². The summed E-state index contributed by atoms with van der Waals surface area (Å²) in [4.78, 5) is 25.1. The van der Waals surface area contributed by atoms with E-state index in [1.165, 1.54) is 7.11 Å². The Morgan fingerprint density at radius 3 is 3.00 bits per heavy atom. The minimum absolute atomic E-state index is 0.195. The molecule has 1 aromatic carbocycles. The average Bonchev–Trinajstić information content (AvgIpc) is 2.78. The van der Waals surface area contributed by atoms with Crippen molar-refractivity contribution in [1.29, 1.82) is 0 Å². The normalized spacial score (nSPS) is 12.3. The quantitative estimate of drug-likeness (QED) is 0.803. The topological polar surface area (TPSA) is 84.3 Å². The zero-order valence-corrected chi connectivity index (χ0v) is 10.9. The van der Waals surface area contributed by atoms with E-state index in [0.29, 0.717) is 24.1 Å². The lowest BCUT2D eigenvalue weighted by Crippen LogP contribution is -2.23. The number of fused-ring (bicyclic) bond motifs is 1.